The summed E-state index contributed by atoms with van der Waals surface area (Å²) in [6, 6.07) is 7.25. The lowest BCUT2D eigenvalue weighted by Gasteiger charge is -2.08. The predicted molar refractivity (Wildman–Crippen MR) is 81.5 cm³/mol. The summed E-state index contributed by atoms with van der Waals surface area (Å²) in [4.78, 5) is 4.21. The van der Waals surface area contributed by atoms with Crippen molar-refractivity contribution in [2.24, 2.45) is 0 Å². The first-order valence-electron chi connectivity index (χ1n) is 5.79. The van der Waals surface area contributed by atoms with Crippen molar-refractivity contribution >= 4 is 39.1 Å². The van der Waals surface area contributed by atoms with E-state index >= 15 is 0 Å². The molecule has 3 aromatic rings. The van der Waals surface area contributed by atoms with Crippen LogP contribution < -0.4 is 5.73 Å². The number of fused-ring (bicyclic) bond motifs is 1. The summed E-state index contributed by atoms with van der Waals surface area (Å²) in [6.45, 7) is -0.0523. The first kappa shape index (κ1) is 13.4. The van der Waals surface area contributed by atoms with Crippen LogP contribution in [0.25, 0.3) is 16.8 Å². The van der Waals surface area contributed by atoms with Gasteiger partial charge in [0.1, 0.15) is 0 Å². The number of hydrogen-bond donors (Lipinski definition) is 2. The summed E-state index contributed by atoms with van der Waals surface area (Å²) in [5, 5.41) is 13.9. The summed E-state index contributed by atoms with van der Waals surface area (Å²) in [5.74, 6) is 0.193. The van der Waals surface area contributed by atoms with Gasteiger partial charge in [0.25, 0.3) is 0 Å². The number of nitrogens with zero attached hydrogens (tertiary/aromatic N) is 3. The van der Waals surface area contributed by atoms with Crippen LogP contribution in [0.1, 0.15) is 5.56 Å². The number of nitrogens with two attached hydrogens (primary N) is 1. The monoisotopic (exact) mass is 352 g/mol. The number of benzene rings is 1. The molecule has 0 saturated carbocycles. The van der Waals surface area contributed by atoms with E-state index in [1.165, 1.54) is 0 Å². The Balaban J connectivity index is 2.33. The predicted octanol–water partition coefficient (Wildman–Crippen LogP) is 2.89. The number of pyridine rings is 1. The highest BCUT2D eigenvalue weighted by Crippen LogP contribution is 2.33. The van der Waals surface area contributed by atoms with E-state index < -0.39 is 0 Å². The molecule has 102 valence electrons. The van der Waals surface area contributed by atoms with Crippen LogP contribution in [-0.4, -0.2) is 19.7 Å². The fourth-order valence-corrected chi connectivity index (χ4v) is 2.69. The van der Waals surface area contributed by atoms with Gasteiger partial charge in [0, 0.05) is 26.8 Å². The molecule has 20 heavy (non-hydrogen) atoms. The number of hydrogen-bond acceptors (Lipinski definition) is 4. The van der Waals surface area contributed by atoms with Crippen LogP contribution in [0.4, 0.5) is 5.95 Å². The van der Waals surface area contributed by atoms with Gasteiger partial charge in [-0.2, -0.15) is 4.98 Å². The molecular weight excluding hydrogens is 344 g/mol. The molecule has 0 spiro atoms. The van der Waals surface area contributed by atoms with E-state index in [0.29, 0.717) is 10.7 Å². The van der Waals surface area contributed by atoms with Crippen molar-refractivity contribution in [3.63, 3.8) is 0 Å². The van der Waals surface area contributed by atoms with E-state index in [2.05, 4.69) is 26.0 Å². The number of nitrogen functional groups attached to an aromatic ring is 1. The molecule has 3 rings (SSSR count). The molecule has 2 heterocycles. The van der Waals surface area contributed by atoms with Crippen molar-refractivity contribution < 1.29 is 5.11 Å². The quantitative estimate of drug-likeness (QED) is 0.743. The molecule has 0 aliphatic rings. The smallest absolute Gasteiger partial charge is 0.240 e. The third-order valence-electron chi connectivity index (χ3n) is 2.92. The first-order chi connectivity index (χ1) is 9.58. The second kappa shape index (κ2) is 5.05. The SMILES string of the molecule is Nc1nc2c(-c3cc(CO)ccc3Cl)cc(Br)cn2n1. The highest BCUT2D eigenvalue weighted by Gasteiger charge is 2.13. The molecule has 0 saturated heterocycles. The third-order valence-corrected chi connectivity index (χ3v) is 3.68. The molecule has 0 radical (unpaired) electrons. The van der Waals surface area contributed by atoms with Crippen molar-refractivity contribution in [1.82, 2.24) is 14.6 Å². The van der Waals surface area contributed by atoms with E-state index in [0.717, 1.165) is 21.2 Å². The maximum atomic E-state index is 9.27. The lowest BCUT2D eigenvalue weighted by Crippen LogP contribution is -1.93. The zero-order chi connectivity index (χ0) is 14.3. The van der Waals surface area contributed by atoms with Gasteiger partial charge in [-0.05, 0) is 39.7 Å². The maximum absolute atomic E-state index is 9.27. The molecular formula is C13H10BrClN4O. The molecule has 0 unspecified atom stereocenters. The summed E-state index contributed by atoms with van der Waals surface area (Å²) in [5.41, 5.74) is 8.61. The molecule has 2 aromatic heterocycles. The molecule has 3 N–H and O–H groups in total. The van der Waals surface area contributed by atoms with Crippen LogP contribution in [0.15, 0.2) is 34.9 Å². The zero-order valence-corrected chi connectivity index (χ0v) is 12.6. The molecule has 0 amide bonds. The largest absolute Gasteiger partial charge is 0.392 e. The highest BCUT2D eigenvalue weighted by atomic mass is 79.9. The van der Waals surface area contributed by atoms with Crippen molar-refractivity contribution in [3.8, 4) is 11.1 Å². The first-order valence-corrected chi connectivity index (χ1v) is 6.96. The zero-order valence-electron chi connectivity index (χ0n) is 10.2. The Bertz CT molecular complexity index is 802. The molecule has 7 heteroatoms. The van der Waals surface area contributed by atoms with Gasteiger partial charge in [-0.3, -0.25) is 0 Å². The summed E-state index contributed by atoms with van der Waals surface area (Å²) < 4.78 is 2.42. The van der Waals surface area contributed by atoms with E-state index in [9.17, 15) is 5.11 Å². The number of rotatable bonds is 2. The molecule has 0 fully saturated rings. The Kier molecular flexibility index (Phi) is 3.37. The lowest BCUT2D eigenvalue weighted by atomic mass is 10.0. The van der Waals surface area contributed by atoms with E-state index in [-0.39, 0.29) is 12.6 Å². The van der Waals surface area contributed by atoms with Gasteiger partial charge in [-0.1, -0.05) is 17.7 Å². The van der Waals surface area contributed by atoms with Crippen molar-refractivity contribution in [2.45, 2.75) is 6.61 Å². The second-order valence-corrected chi connectivity index (χ2v) is 5.61. The Labute approximate surface area is 128 Å². The Morgan fingerprint density at radius 2 is 2.10 bits per heavy atom. The van der Waals surface area contributed by atoms with Gasteiger partial charge in [0.05, 0.1) is 6.61 Å². The molecule has 0 aliphatic heterocycles. The van der Waals surface area contributed by atoms with Crippen LogP contribution >= 0.6 is 27.5 Å². The van der Waals surface area contributed by atoms with Crippen molar-refractivity contribution in [2.75, 3.05) is 5.73 Å². The Morgan fingerprint density at radius 3 is 2.85 bits per heavy atom. The van der Waals surface area contributed by atoms with Crippen molar-refractivity contribution in [1.29, 1.82) is 0 Å². The topological polar surface area (TPSA) is 76.4 Å². The molecule has 1 aromatic carbocycles. The number of anilines is 1. The van der Waals surface area contributed by atoms with Crippen LogP contribution in [0, 0.1) is 0 Å². The van der Waals surface area contributed by atoms with Crippen LogP contribution in [0.2, 0.25) is 5.02 Å². The maximum Gasteiger partial charge on any atom is 0.240 e. The number of aromatic nitrogens is 3. The van der Waals surface area contributed by atoms with Gasteiger partial charge in [-0.15, -0.1) is 5.10 Å². The lowest BCUT2D eigenvalue weighted by molar-refractivity contribution is 0.282. The average molecular weight is 354 g/mol. The van der Waals surface area contributed by atoms with Gasteiger partial charge in [0.15, 0.2) is 5.65 Å². The number of aliphatic hydroxyl groups is 1. The Hall–Kier alpha value is -1.63. The second-order valence-electron chi connectivity index (χ2n) is 4.28. The molecule has 0 aliphatic carbocycles. The molecule has 5 nitrogen and oxygen atoms in total. The molecule has 0 bridgehead atoms. The van der Waals surface area contributed by atoms with Crippen LogP contribution in [-0.2, 0) is 6.61 Å². The summed E-state index contributed by atoms with van der Waals surface area (Å²) in [7, 11) is 0. The normalized spacial score (nSPS) is 11.2. The van der Waals surface area contributed by atoms with Gasteiger partial charge in [0.2, 0.25) is 5.95 Å². The minimum atomic E-state index is -0.0523. The van der Waals surface area contributed by atoms with E-state index in [4.69, 9.17) is 17.3 Å². The highest BCUT2D eigenvalue weighted by molar-refractivity contribution is 9.10. The minimum absolute atomic E-state index is 0.0523. The van der Waals surface area contributed by atoms with Gasteiger partial charge >= 0.3 is 0 Å². The fourth-order valence-electron chi connectivity index (χ4n) is 2.05. The third kappa shape index (κ3) is 2.26. The standard InChI is InChI=1S/C13H10BrClN4O/c14-8-4-10(12-17-13(16)18-19(12)5-8)9-3-7(6-20)1-2-11(9)15/h1-5,20H,6H2,(H2,16,18). The fraction of sp³-hybridized carbons (Fsp3) is 0.0769. The number of aliphatic hydroxyl groups excluding tert-OH is 1. The number of halogens is 2. The Morgan fingerprint density at radius 1 is 1.30 bits per heavy atom. The molecule has 0 atom stereocenters. The van der Waals surface area contributed by atoms with Crippen LogP contribution in [0.3, 0.4) is 0 Å². The van der Waals surface area contributed by atoms with Gasteiger partial charge < -0.3 is 10.8 Å². The average Bonchev–Trinajstić information content (AvgIpc) is 2.78. The van der Waals surface area contributed by atoms with Gasteiger partial charge in [-0.25, -0.2) is 4.52 Å². The van der Waals surface area contributed by atoms with Crippen LogP contribution in [0.5, 0.6) is 0 Å². The summed E-state index contributed by atoms with van der Waals surface area (Å²) >= 11 is 9.69. The van der Waals surface area contributed by atoms with E-state index in [1.54, 1.807) is 22.8 Å². The summed E-state index contributed by atoms with van der Waals surface area (Å²) in [6.07, 6.45) is 1.77. The van der Waals surface area contributed by atoms with Crippen molar-refractivity contribution in [3.05, 3.63) is 45.5 Å². The van der Waals surface area contributed by atoms with E-state index in [1.807, 2.05) is 12.1 Å². The minimum Gasteiger partial charge on any atom is -0.392 e.